The summed E-state index contributed by atoms with van der Waals surface area (Å²) in [6.45, 7) is 2.25. The van der Waals surface area contributed by atoms with Crippen LogP contribution in [0.4, 0.5) is 0 Å². The van der Waals surface area contributed by atoms with Crippen molar-refractivity contribution in [2.24, 2.45) is 0 Å². The molecular formula is C18H19ClN4O2S. The quantitative estimate of drug-likeness (QED) is 0.649. The summed E-state index contributed by atoms with van der Waals surface area (Å²) in [6, 6.07) is 14.4. The van der Waals surface area contributed by atoms with E-state index in [0.29, 0.717) is 23.7 Å². The molecule has 0 saturated carbocycles. The van der Waals surface area contributed by atoms with E-state index in [1.807, 2.05) is 6.92 Å². The maximum Gasteiger partial charge on any atom is 0.240 e. The molecule has 0 aliphatic carbocycles. The molecule has 2 N–H and O–H groups in total. The van der Waals surface area contributed by atoms with Gasteiger partial charge in [-0.1, -0.05) is 47.5 Å². The first kappa shape index (κ1) is 18.6. The van der Waals surface area contributed by atoms with Crippen molar-refractivity contribution in [3.8, 4) is 0 Å². The van der Waals surface area contributed by atoms with Crippen LogP contribution < -0.4 is 4.72 Å². The Kier molecular flexibility index (Phi) is 5.70. The van der Waals surface area contributed by atoms with Crippen LogP contribution in [-0.4, -0.2) is 30.1 Å². The van der Waals surface area contributed by atoms with Crippen molar-refractivity contribution in [2.45, 2.75) is 24.7 Å². The topological polar surface area (TPSA) is 87.7 Å². The number of aromatic nitrogens is 3. The zero-order chi connectivity index (χ0) is 18.6. The highest BCUT2D eigenvalue weighted by molar-refractivity contribution is 7.89. The maximum absolute atomic E-state index is 12.2. The van der Waals surface area contributed by atoms with Gasteiger partial charge in [-0.05, 0) is 30.7 Å². The molecule has 0 bridgehead atoms. The molecule has 0 aliphatic rings. The summed E-state index contributed by atoms with van der Waals surface area (Å²) in [5.74, 6) is 1.32. The predicted octanol–water partition coefficient (Wildman–Crippen LogP) is 2.88. The Morgan fingerprint density at radius 1 is 1.15 bits per heavy atom. The van der Waals surface area contributed by atoms with Gasteiger partial charge in [0.2, 0.25) is 10.0 Å². The molecule has 26 heavy (non-hydrogen) atoms. The number of hydrogen-bond donors (Lipinski definition) is 2. The van der Waals surface area contributed by atoms with Gasteiger partial charge in [0.05, 0.1) is 4.90 Å². The van der Waals surface area contributed by atoms with E-state index in [-0.39, 0.29) is 11.4 Å². The fourth-order valence-corrected chi connectivity index (χ4v) is 3.77. The van der Waals surface area contributed by atoms with Crippen LogP contribution in [0.5, 0.6) is 0 Å². The third kappa shape index (κ3) is 4.91. The van der Waals surface area contributed by atoms with Gasteiger partial charge in [0.15, 0.2) is 5.82 Å². The minimum atomic E-state index is -3.60. The first-order valence-electron chi connectivity index (χ1n) is 8.13. The lowest BCUT2D eigenvalue weighted by Gasteiger charge is -2.05. The molecule has 0 aliphatic heterocycles. The van der Waals surface area contributed by atoms with E-state index >= 15 is 0 Å². The van der Waals surface area contributed by atoms with Crippen molar-refractivity contribution in [2.75, 3.05) is 6.54 Å². The third-order valence-electron chi connectivity index (χ3n) is 3.82. The number of rotatable bonds is 7. The van der Waals surface area contributed by atoms with E-state index in [1.165, 1.54) is 17.7 Å². The number of aryl methyl sites for hydroxylation is 1. The van der Waals surface area contributed by atoms with Gasteiger partial charge < -0.3 is 0 Å². The molecule has 0 radical (unpaired) electrons. The summed E-state index contributed by atoms with van der Waals surface area (Å²) < 4.78 is 27.0. The van der Waals surface area contributed by atoms with E-state index in [4.69, 9.17) is 11.6 Å². The molecule has 0 amide bonds. The second-order valence-corrected chi connectivity index (χ2v) is 8.17. The molecular weight excluding hydrogens is 372 g/mol. The zero-order valence-corrected chi connectivity index (χ0v) is 15.8. The largest absolute Gasteiger partial charge is 0.263 e. The highest BCUT2D eigenvalue weighted by atomic mass is 35.5. The minimum Gasteiger partial charge on any atom is -0.263 e. The number of benzene rings is 2. The Hall–Kier alpha value is -2.22. The fraction of sp³-hybridized carbons (Fsp3) is 0.222. The average Bonchev–Trinajstić information content (AvgIpc) is 3.04. The molecule has 136 valence electrons. The molecule has 0 spiro atoms. The van der Waals surface area contributed by atoms with Gasteiger partial charge in [0.25, 0.3) is 0 Å². The van der Waals surface area contributed by atoms with Crippen LogP contribution in [0.1, 0.15) is 22.8 Å². The van der Waals surface area contributed by atoms with E-state index in [9.17, 15) is 8.42 Å². The second-order valence-electron chi connectivity index (χ2n) is 5.97. The standard InChI is InChI=1S/C18H19ClN4O2S/c1-13-5-7-14(8-6-13)11-18-21-17(22-23-18)9-10-20-26(24,25)16-4-2-3-15(19)12-16/h2-8,12,20H,9-11H2,1H3,(H,21,22,23). The van der Waals surface area contributed by atoms with E-state index in [2.05, 4.69) is 44.2 Å². The molecule has 0 atom stereocenters. The van der Waals surface area contributed by atoms with Crippen molar-refractivity contribution in [3.05, 3.63) is 76.3 Å². The Bertz CT molecular complexity index is 984. The summed E-state index contributed by atoms with van der Waals surface area (Å²) in [5.41, 5.74) is 2.35. The lowest BCUT2D eigenvalue weighted by molar-refractivity contribution is 0.581. The molecule has 0 fully saturated rings. The number of halogens is 1. The lowest BCUT2D eigenvalue weighted by Crippen LogP contribution is -2.26. The molecule has 3 aromatic rings. The Morgan fingerprint density at radius 2 is 1.92 bits per heavy atom. The molecule has 1 aromatic heterocycles. The SMILES string of the molecule is Cc1ccc(Cc2nc(CCNS(=O)(=O)c3cccc(Cl)c3)n[nH]2)cc1. The van der Waals surface area contributed by atoms with Crippen molar-refractivity contribution < 1.29 is 8.42 Å². The fourth-order valence-electron chi connectivity index (χ4n) is 2.44. The first-order valence-corrected chi connectivity index (χ1v) is 9.99. The lowest BCUT2D eigenvalue weighted by atomic mass is 10.1. The number of hydrogen-bond acceptors (Lipinski definition) is 4. The van der Waals surface area contributed by atoms with Gasteiger partial charge in [0, 0.05) is 24.4 Å². The smallest absolute Gasteiger partial charge is 0.240 e. The Morgan fingerprint density at radius 3 is 2.65 bits per heavy atom. The van der Waals surface area contributed by atoms with Crippen LogP contribution >= 0.6 is 11.6 Å². The summed E-state index contributed by atoms with van der Waals surface area (Å²) in [7, 11) is -3.60. The van der Waals surface area contributed by atoms with Gasteiger partial charge in [-0.3, -0.25) is 5.10 Å². The Labute approximate surface area is 157 Å². The number of nitrogens with one attached hydrogen (secondary N) is 2. The van der Waals surface area contributed by atoms with E-state index < -0.39 is 10.0 Å². The highest BCUT2D eigenvalue weighted by Gasteiger charge is 2.14. The van der Waals surface area contributed by atoms with Crippen LogP contribution in [0.15, 0.2) is 53.4 Å². The molecule has 2 aromatic carbocycles. The molecule has 0 saturated heterocycles. The number of sulfonamides is 1. The monoisotopic (exact) mass is 390 g/mol. The van der Waals surface area contributed by atoms with Crippen molar-refractivity contribution in [1.82, 2.24) is 19.9 Å². The van der Waals surface area contributed by atoms with E-state index in [0.717, 1.165) is 11.4 Å². The van der Waals surface area contributed by atoms with Crippen molar-refractivity contribution >= 4 is 21.6 Å². The summed E-state index contributed by atoms with van der Waals surface area (Å²) in [6.07, 6.45) is 1.05. The maximum atomic E-state index is 12.2. The van der Waals surface area contributed by atoms with Crippen LogP contribution in [0.25, 0.3) is 0 Å². The summed E-state index contributed by atoms with van der Waals surface area (Å²) in [5, 5.41) is 7.42. The highest BCUT2D eigenvalue weighted by Crippen LogP contribution is 2.15. The van der Waals surface area contributed by atoms with Crippen LogP contribution in [0.3, 0.4) is 0 Å². The van der Waals surface area contributed by atoms with Crippen LogP contribution in [0.2, 0.25) is 5.02 Å². The van der Waals surface area contributed by atoms with E-state index in [1.54, 1.807) is 12.1 Å². The van der Waals surface area contributed by atoms with Gasteiger partial charge in [-0.15, -0.1) is 0 Å². The summed E-state index contributed by atoms with van der Waals surface area (Å²) in [4.78, 5) is 4.55. The van der Waals surface area contributed by atoms with Crippen LogP contribution in [-0.2, 0) is 22.9 Å². The van der Waals surface area contributed by atoms with Gasteiger partial charge in [0.1, 0.15) is 5.82 Å². The average molecular weight is 391 g/mol. The normalized spacial score (nSPS) is 11.6. The molecule has 6 nitrogen and oxygen atoms in total. The van der Waals surface area contributed by atoms with Gasteiger partial charge in [-0.25, -0.2) is 18.1 Å². The first-order chi connectivity index (χ1) is 12.4. The van der Waals surface area contributed by atoms with Crippen molar-refractivity contribution in [3.63, 3.8) is 0 Å². The number of H-pyrrole nitrogens is 1. The zero-order valence-electron chi connectivity index (χ0n) is 14.2. The summed E-state index contributed by atoms with van der Waals surface area (Å²) >= 11 is 5.84. The molecule has 3 rings (SSSR count). The predicted molar refractivity (Wildman–Crippen MR) is 101 cm³/mol. The second kappa shape index (κ2) is 7.99. The molecule has 1 heterocycles. The molecule has 8 heteroatoms. The Balaban J connectivity index is 1.55. The van der Waals surface area contributed by atoms with Gasteiger partial charge >= 0.3 is 0 Å². The van der Waals surface area contributed by atoms with Crippen LogP contribution in [0, 0.1) is 6.92 Å². The third-order valence-corrected chi connectivity index (χ3v) is 5.51. The number of nitrogens with zero attached hydrogens (tertiary/aromatic N) is 2. The number of aromatic amines is 1. The van der Waals surface area contributed by atoms with Gasteiger partial charge in [-0.2, -0.15) is 5.10 Å². The van der Waals surface area contributed by atoms with Crippen molar-refractivity contribution in [1.29, 1.82) is 0 Å². The molecule has 0 unspecified atom stereocenters. The minimum absolute atomic E-state index is 0.139.